The minimum absolute atomic E-state index is 0.0226. The van der Waals surface area contributed by atoms with Gasteiger partial charge in [-0.15, -0.1) is 5.10 Å². The molecule has 0 spiro atoms. The smallest absolute Gasteiger partial charge is 0.267 e. The predicted octanol–water partition coefficient (Wildman–Crippen LogP) is 2.56. The highest BCUT2D eigenvalue weighted by atomic mass is 32.2. The number of nitrogens with zero attached hydrogens (tertiary/aromatic N) is 3. The predicted molar refractivity (Wildman–Crippen MR) is 112 cm³/mol. The van der Waals surface area contributed by atoms with E-state index in [2.05, 4.69) is 14.3 Å². The van der Waals surface area contributed by atoms with E-state index in [1.807, 2.05) is 17.0 Å². The van der Waals surface area contributed by atoms with Crippen molar-refractivity contribution in [1.29, 1.82) is 0 Å². The molecule has 1 saturated heterocycles. The Morgan fingerprint density at radius 3 is 2.62 bits per heavy atom. The molecule has 1 aliphatic carbocycles. The van der Waals surface area contributed by atoms with Crippen LogP contribution in [-0.2, 0) is 22.9 Å². The highest BCUT2D eigenvalue weighted by Gasteiger charge is 2.27. The zero-order valence-corrected chi connectivity index (χ0v) is 18.2. The van der Waals surface area contributed by atoms with E-state index >= 15 is 0 Å². The molecule has 1 aromatic carbocycles. The number of nitrogens with one attached hydrogen (secondary N) is 1. The first kappa shape index (κ1) is 20.4. The second kappa shape index (κ2) is 8.49. The molecule has 2 heterocycles. The van der Waals surface area contributed by atoms with E-state index < -0.39 is 10.0 Å². The molecule has 0 bridgehead atoms. The Balaban J connectivity index is 1.32. The van der Waals surface area contributed by atoms with E-state index in [1.54, 1.807) is 13.0 Å². The Morgan fingerprint density at radius 2 is 1.93 bits per heavy atom. The van der Waals surface area contributed by atoms with Gasteiger partial charge in [0.2, 0.25) is 10.0 Å². The molecule has 156 valence electrons. The number of piperidine rings is 1. The molecule has 1 amide bonds. The van der Waals surface area contributed by atoms with E-state index in [4.69, 9.17) is 0 Å². The second-order valence-electron chi connectivity index (χ2n) is 7.91. The summed E-state index contributed by atoms with van der Waals surface area (Å²) in [5.74, 6) is 0.206. The summed E-state index contributed by atoms with van der Waals surface area (Å²) in [6.07, 6.45) is 5.86. The fraction of sp³-hybridized carbons (Fsp3) is 0.550. The molecule has 29 heavy (non-hydrogen) atoms. The quantitative estimate of drug-likeness (QED) is 0.781. The van der Waals surface area contributed by atoms with Crippen molar-refractivity contribution in [2.45, 2.75) is 50.3 Å². The molecule has 4 rings (SSSR count). The maximum absolute atomic E-state index is 12.7. The molecule has 1 aromatic heterocycles. The number of fused-ring (bicyclic) bond motifs is 1. The minimum atomic E-state index is -3.51. The molecular weight excluding hydrogens is 408 g/mol. The molecule has 1 aliphatic heterocycles. The summed E-state index contributed by atoms with van der Waals surface area (Å²) in [4.78, 5) is 15.3. The molecule has 9 heteroatoms. The lowest BCUT2D eigenvalue weighted by Crippen LogP contribution is -2.41. The number of carbonyl (C=O) groups is 1. The van der Waals surface area contributed by atoms with E-state index in [0.717, 1.165) is 43.6 Å². The Bertz CT molecular complexity index is 995. The van der Waals surface area contributed by atoms with Gasteiger partial charge in [0.25, 0.3) is 5.91 Å². The Kier molecular flexibility index (Phi) is 5.98. The first-order chi connectivity index (χ1) is 13.9. The third-order valence-corrected chi connectivity index (χ3v) is 8.18. The summed E-state index contributed by atoms with van der Waals surface area (Å²) in [6.45, 7) is 3.45. The van der Waals surface area contributed by atoms with Crippen LogP contribution in [-0.4, -0.2) is 48.4 Å². The highest BCUT2D eigenvalue weighted by molar-refractivity contribution is 7.89. The van der Waals surface area contributed by atoms with E-state index in [-0.39, 0.29) is 11.8 Å². The lowest BCUT2D eigenvalue weighted by atomic mass is 9.92. The molecule has 0 unspecified atom stereocenters. The number of hydrogen-bond acceptors (Lipinski definition) is 6. The number of benzene rings is 1. The Hall–Kier alpha value is -1.84. The number of rotatable bonds is 5. The summed E-state index contributed by atoms with van der Waals surface area (Å²) in [7, 11) is -3.51. The molecule has 0 saturated carbocycles. The molecule has 0 radical (unpaired) electrons. The van der Waals surface area contributed by atoms with Gasteiger partial charge in [-0.1, -0.05) is 10.6 Å². The fourth-order valence-electron chi connectivity index (χ4n) is 4.10. The first-order valence-corrected chi connectivity index (χ1v) is 12.4. The van der Waals surface area contributed by atoms with Crippen LogP contribution in [0.4, 0.5) is 0 Å². The van der Waals surface area contributed by atoms with Gasteiger partial charge < -0.3 is 4.90 Å². The van der Waals surface area contributed by atoms with Crippen molar-refractivity contribution in [3.63, 3.8) is 0 Å². The maximum atomic E-state index is 12.7. The first-order valence-electron chi connectivity index (χ1n) is 10.1. The van der Waals surface area contributed by atoms with Crippen molar-refractivity contribution in [3.8, 4) is 0 Å². The molecule has 2 aliphatic rings. The van der Waals surface area contributed by atoms with Crippen molar-refractivity contribution < 1.29 is 13.2 Å². The topological polar surface area (TPSA) is 92.3 Å². The molecule has 1 fully saturated rings. The summed E-state index contributed by atoms with van der Waals surface area (Å²) in [6, 6.07) is 5.52. The summed E-state index contributed by atoms with van der Waals surface area (Å²) in [5.41, 5.74) is 3.11. The van der Waals surface area contributed by atoms with Crippen LogP contribution in [0.15, 0.2) is 23.1 Å². The van der Waals surface area contributed by atoms with Crippen LogP contribution >= 0.6 is 11.5 Å². The molecule has 7 nitrogen and oxygen atoms in total. The van der Waals surface area contributed by atoms with Gasteiger partial charge in [0.1, 0.15) is 4.88 Å². The van der Waals surface area contributed by atoms with E-state index in [9.17, 15) is 13.2 Å². The second-order valence-corrected chi connectivity index (χ2v) is 10.4. The summed E-state index contributed by atoms with van der Waals surface area (Å²) < 4.78 is 32.1. The lowest BCUT2D eigenvalue weighted by Gasteiger charge is -2.31. The van der Waals surface area contributed by atoms with Gasteiger partial charge in [0, 0.05) is 19.6 Å². The molecule has 2 aromatic rings. The zero-order chi connectivity index (χ0) is 20.4. The summed E-state index contributed by atoms with van der Waals surface area (Å²) >= 11 is 1.13. The number of carbonyl (C=O) groups excluding carboxylic acids is 1. The SMILES string of the molecule is Cc1nnsc1C(=O)N1CCC(CNS(=O)(=O)c2ccc3c(c2)CCCC3)CC1. The normalized spacial score (nSPS) is 17.9. The van der Waals surface area contributed by atoms with Crippen LogP contribution in [0.2, 0.25) is 0 Å². The van der Waals surface area contributed by atoms with Gasteiger partial charge in [-0.2, -0.15) is 0 Å². The van der Waals surface area contributed by atoms with Gasteiger partial charge in [-0.3, -0.25) is 4.79 Å². The lowest BCUT2D eigenvalue weighted by molar-refractivity contribution is 0.0696. The van der Waals surface area contributed by atoms with Crippen LogP contribution in [0.1, 0.15) is 52.2 Å². The van der Waals surface area contributed by atoms with Crippen LogP contribution in [0.25, 0.3) is 0 Å². The van der Waals surface area contributed by atoms with Crippen LogP contribution < -0.4 is 4.72 Å². The number of amides is 1. The van der Waals surface area contributed by atoms with Gasteiger partial charge >= 0.3 is 0 Å². The van der Waals surface area contributed by atoms with Crippen molar-refractivity contribution in [2.75, 3.05) is 19.6 Å². The average Bonchev–Trinajstić information content (AvgIpc) is 3.17. The maximum Gasteiger partial charge on any atom is 0.267 e. The highest BCUT2D eigenvalue weighted by Crippen LogP contribution is 2.25. The third kappa shape index (κ3) is 4.51. The zero-order valence-electron chi connectivity index (χ0n) is 16.6. The number of aryl methyl sites for hydroxylation is 3. The fourth-order valence-corrected chi connectivity index (χ4v) is 5.89. The monoisotopic (exact) mass is 434 g/mol. The summed E-state index contributed by atoms with van der Waals surface area (Å²) in [5, 5.41) is 3.90. The van der Waals surface area contributed by atoms with E-state index in [1.165, 1.54) is 17.5 Å². The molecule has 1 N–H and O–H groups in total. The van der Waals surface area contributed by atoms with Crippen molar-refractivity contribution in [2.24, 2.45) is 5.92 Å². The van der Waals surface area contributed by atoms with Gasteiger partial charge in [0.05, 0.1) is 10.6 Å². The van der Waals surface area contributed by atoms with Crippen molar-refractivity contribution in [3.05, 3.63) is 39.9 Å². The standard InChI is InChI=1S/C20H26N4O3S2/c1-14-19(28-23-22-14)20(25)24-10-8-15(9-11-24)13-21-29(26,27)18-7-6-16-4-2-3-5-17(16)12-18/h6-7,12,15,21H,2-5,8-11,13H2,1H3. The third-order valence-electron chi connectivity index (χ3n) is 5.94. The molecular formula is C20H26N4O3S2. The van der Waals surface area contributed by atoms with Gasteiger partial charge in [0.15, 0.2) is 0 Å². The van der Waals surface area contributed by atoms with Gasteiger partial charge in [-0.05, 0) is 86.2 Å². The van der Waals surface area contributed by atoms with Crippen molar-refractivity contribution in [1.82, 2.24) is 19.2 Å². The Labute approximate surface area is 175 Å². The van der Waals surface area contributed by atoms with E-state index in [0.29, 0.717) is 35.1 Å². The number of likely N-dealkylation sites (tertiary alicyclic amines) is 1. The van der Waals surface area contributed by atoms with Crippen LogP contribution in [0.5, 0.6) is 0 Å². The number of hydrogen-bond donors (Lipinski definition) is 1. The van der Waals surface area contributed by atoms with Crippen LogP contribution in [0, 0.1) is 12.8 Å². The molecule has 0 atom stereocenters. The van der Waals surface area contributed by atoms with Gasteiger partial charge in [-0.25, -0.2) is 13.1 Å². The number of aromatic nitrogens is 2. The minimum Gasteiger partial charge on any atom is -0.338 e. The largest absolute Gasteiger partial charge is 0.338 e. The Morgan fingerprint density at radius 1 is 1.21 bits per heavy atom. The van der Waals surface area contributed by atoms with Crippen molar-refractivity contribution >= 4 is 27.5 Å². The number of sulfonamides is 1. The average molecular weight is 435 g/mol. The van der Waals surface area contributed by atoms with Crippen LogP contribution in [0.3, 0.4) is 0 Å².